The van der Waals surface area contributed by atoms with Gasteiger partial charge in [0.2, 0.25) is 8.77 Å². The highest BCUT2D eigenvalue weighted by Gasteiger charge is 2.02. The summed E-state index contributed by atoms with van der Waals surface area (Å²) in [5.41, 5.74) is 0. The van der Waals surface area contributed by atoms with Gasteiger partial charge in [-0.15, -0.1) is 0 Å². The van der Waals surface area contributed by atoms with Crippen molar-refractivity contribution >= 4 is 57.3 Å². The lowest BCUT2D eigenvalue weighted by Gasteiger charge is -2.03. The number of hydrogen-bond acceptors (Lipinski definition) is 7. The van der Waals surface area contributed by atoms with Gasteiger partial charge in [0.15, 0.2) is 0 Å². The molecule has 76 valence electrons. The second-order valence-electron chi connectivity index (χ2n) is 1.60. The van der Waals surface area contributed by atoms with Crippen molar-refractivity contribution in [2.24, 2.45) is 0 Å². The molecule has 0 amide bonds. The molecule has 0 saturated carbocycles. The lowest BCUT2D eigenvalue weighted by molar-refractivity contribution is 0.344. The lowest BCUT2D eigenvalue weighted by Crippen LogP contribution is -1.98. The van der Waals surface area contributed by atoms with E-state index in [2.05, 4.69) is 0 Å². The van der Waals surface area contributed by atoms with Crippen LogP contribution in [0.1, 0.15) is 13.8 Å². The summed E-state index contributed by atoms with van der Waals surface area (Å²) in [7, 11) is 0. The number of hydrogen-bond donors (Lipinski definition) is 0. The Balaban J connectivity index is 3.33. The first kappa shape index (κ1) is 13.4. The van der Waals surface area contributed by atoms with E-state index in [9.17, 15) is 0 Å². The van der Waals surface area contributed by atoms with E-state index in [1.165, 1.54) is 0 Å². The summed E-state index contributed by atoms with van der Waals surface area (Å²) >= 11 is 11.5. The van der Waals surface area contributed by atoms with Crippen LogP contribution in [0.3, 0.4) is 0 Å². The minimum absolute atomic E-state index is 0.342. The van der Waals surface area contributed by atoms with Crippen LogP contribution in [0.25, 0.3) is 0 Å². The smallest absolute Gasteiger partial charge is 0.248 e. The first-order valence-electron chi connectivity index (χ1n) is 3.55. The molecule has 0 aromatic rings. The Labute approximate surface area is 97.3 Å². The maximum atomic E-state index is 4.96. The van der Waals surface area contributed by atoms with Crippen molar-refractivity contribution in [2.45, 2.75) is 13.8 Å². The molecule has 0 N–H and O–H groups in total. The molecule has 0 saturated heterocycles. The zero-order chi connectivity index (χ0) is 10.1. The van der Waals surface area contributed by atoms with Crippen molar-refractivity contribution < 1.29 is 13.1 Å². The SMILES string of the molecule is CCOC(=S)SOSC(=S)OCC. The van der Waals surface area contributed by atoms with Crippen LogP contribution in [0.4, 0.5) is 0 Å². The van der Waals surface area contributed by atoms with Gasteiger partial charge >= 0.3 is 0 Å². The Bertz CT molecular complexity index is 155. The summed E-state index contributed by atoms with van der Waals surface area (Å²) in [6.07, 6.45) is 0. The number of rotatable bonds is 4. The zero-order valence-electron chi connectivity index (χ0n) is 7.27. The average molecular weight is 258 g/mol. The van der Waals surface area contributed by atoms with Gasteiger partial charge in [0.1, 0.15) is 0 Å². The van der Waals surface area contributed by atoms with Crippen molar-refractivity contribution in [2.75, 3.05) is 13.2 Å². The summed E-state index contributed by atoms with van der Waals surface area (Å²) in [4.78, 5) is 0. The van der Waals surface area contributed by atoms with Gasteiger partial charge in [0, 0.05) is 0 Å². The standard InChI is InChI=1S/C6H10O3S4/c1-3-7-5(10)12-9-13-6(11)8-4-2/h3-4H2,1-2H3. The van der Waals surface area contributed by atoms with E-state index in [1.54, 1.807) is 0 Å². The molecule has 0 aliphatic carbocycles. The molecule has 13 heavy (non-hydrogen) atoms. The van der Waals surface area contributed by atoms with Crippen molar-refractivity contribution in [3.8, 4) is 0 Å². The molecule has 3 nitrogen and oxygen atoms in total. The fourth-order valence-corrected chi connectivity index (χ4v) is 2.00. The van der Waals surface area contributed by atoms with E-state index < -0.39 is 0 Å². The van der Waals surface area contributed by atoms with Crippen LogP contribution in [0, 0.1) is 0 Å². The molecule has 0 radical (unpaired) electrons. The van der Waals surface area contributed by atoms with Gasteiger partial charge in [-0.1, -0.05) is 0 Å². The monoisotopic (exact) mass is 258 g/mol. The zero-order valence-corrected chi connectivity index (χ0v) is 10.5. The first-order valence-corrected chi connectivity index (χ1v) is 5.85. The summed E-state index contributed by atoms with van der Waals surface area (Å²) in [6.45, 7) is 4.78. The molecule has 0 spiro atoms. The predicted molar refractivity (Wildman–Crippen MR) is 64.7 cm³/mol. The summed E-state index contributed by atoms with van der Waals surface area (Å²) < 4.78 is 15.6. The molecule has 0 heterocycles. The molecule has 0 aliphatic heterocycles. The van der Waals surface area contributed by atoms with Gasteiger partial charge in [0.25, 0.3) is 0 Å². The third-order valence-electron chi connectivity index (χ3n) is 0.729. The lowest BCUT2D eigenvalue weighted by atomic mass is 10.9. The maximum Gasteiger partial charge on any atom is 0.248 e. The van der Waals surface area contributed by atoms with Gasteiger partial charge in [-0.05, 0) is 38.3 Å². The molecule has 0 unspecified atom stereocenters. The van der Waals surface area contributed by atoms with Crippen molar-refractivity contribution in [1.82, 2.24) is 0 Å². The van der Waals surface area contributed by atoms with E-state index in [0.29, 0.717) is 22.0 Å². The van der Waals surface area contributed by atoms with Crippen molar-refractivity contribution in [1.29, 1.82) is 0 Å². The second-order valence-corrected chi connectivity index (χ2v) is 4.48. The molecular formula is C6H10O3S4. The summed E-state index contributed by atoms with van der Waals surface area (Å²) in [6, 6.07) is 0. The molecule has 0 bridgehead atoms. The van der Waals surface area contributed by atoms with E-state index in [4.69, 9.17) is 37.5 Å². The van der Waals surface area contributed by atoms with E-state index >= 15 is 0 Å². The second kappa shape index (κ2) is 9.01. The Hall–Kier alpha value is 0.440. The Morgan fingerprint density at radius 3 is 1.69 bits per heavy atom. The number of ether oxygens (including phenoxy) is 2. The normalized spacial score (nSPS) is 9.38. The van der Waals surface area contributed by atoms with E-state index in [1.807, 2.05) is 13.8 Å². The van der Waals surface area contributed by atoms with Crippen LogP contribution in [0.2, 0.25) is 0 Å². The van der Waals surface area contributed by atoms with Crippen LogP contribution in [-0.4, -0.2) is 22.0 Å². The van der Waals surface area contributed by atoms with Gasteiger partial charge in [-0.3, -0.25) is 0 Å². The van der Waals surface area contributed by atoms with Crippen LogP contribution < -0.4 is 0 Å². The molecule has 0 aromatic heterocycles. The van der Waals surface area contributed by atoms with Crippen LogP contribution >= 0.6 is 48.5 Å². The summed E-state index contributed by atoms with van der Waals surface area (Å²) in [5.74, 6) is 0. The Morgan fingerprint density at radius 2 is 1.38 bits per heavy atom. The molecule has 0 aliphatic rings. The van der Waals surface area contributed by atoms with Gasteiger partial charge < -0.3 is 9.47 Å². The molecule has 0 atom stereocenters. The van der Waals surface area contributed by atoms with Crippen molar-refractivity contribution in [3.63, 3.8) is 0 Å². The highest BCUT2D eigenvalue weighted by molar-refractivity contribution is 8.29. The maximum absolute atomic E-state index is 4.96. The molecular weight excluding hydrogens is 248 g/mol. The van der Waals surface area contributed by atoms with Gasteiger partial charge in [-0.2, -0.15) is 0 Å². The molecule has 0 fully saturated rings. The minimum atomic E-state index is 0.342. The van der Waals surface area contributed by atoms with Gasteiger partial charge in [-0.25, -0.2) is 3.63 Å². The molecule has 0 aromatic carbocycles. The minimum Gasteiger partial charge on any atom is -0.477 e. The largest absolute Gasteiger partial charge is 0.477 e. The highest BCUT2D eigenvalue weighted by Crippen LogP contribution is 2.19. The third-order valence-corrected chi connectivity index (χ3v) is 2.42. The van der Waals surface area contributed by atoms with Crippen LogP contribution in [0.5, 0.6) is 0 Å². The third kappa shape index (κ3) is 8.76. The predicted octanol–water partition coefficient (Wildman–Crippen LogP) is 2.94. The fraction of sp³-hybridized carbons (Fsp3) is 0.667. The topological polar surface area (TPSA) is 27.7 Å². The van der Waals surface area contributed by atoms with E-state index in [-0.39, 0.29) is 0 Å². The van der Waals surface area contributed by atoms with Gasteiger partial charge in [0.05, 0.1) is 37.3 Å². The quantitative estimate of drug-likeness (QED) is 0.565. The first-order chi connectivity index (χ1) is 6.20. The van der Waals surface area contributed by atoms with Crippen molar-refractivity contribution in [3.05, 3.63) is 0 Å². The number of thiocarbonyl (C=S) groups is 2. The highest BCUT2D eigenvalue weighted by atomic mass is 32.2. The molecule has 0 rings (SSSR count). The van der Waals surface area contributed by atoms with Crippen LogP contribution in [0.15, 0.2) is 0 Å². The fourth-order valence-electron chi connectivity index (χ4n) is 0.356. The van der Waals surface area contributed by atoms with Crippen LogP contribution in [-0.2, 0) is 13.1 Å². The average Bonchev–Trinajstić information content (AvgIpc) is 2.05. The van der Waals surface area contributed by atoms with E-state index in [0.717, 1.165) is 24.1 Å². The Morgan fingerprint density at radius 1 is 1.00 bits per heavy atom. The molecule has 7 heteroatoms. The Kier molecular flexibility index (Phi) is 9.32. The summed E-state index contributed by atoms with van der Waals surface area (Å²) in [5, 5.41) is 0.